The predicted octanol–water partition coefficient (Wildman–Crippen LogP) is 1.69. The van der Waals surface area contributed by atoms with Crippen molar-refractivity contribution in [2.24, 2.45) is 0 Å². The fourth-order valence-corrected chi connectivity index (χ4v) is 0. The molecule has 0 saturated carbocycles. The molecule has 5 heteroatoms. The van der Waals surface area contributed by atoms with Crippen LogP contribution in [0.2, 0.25) is 0 Å². The van der Waals surface area contributed by atoms with Gasteiger partial charge in [0.1, 0.15) is 0 Å². The normalized spacial score (nSPS) is 3.40. The topological polar surface area (TPSA) is 0 Å². The van der Waals surface area contributed by atoms with Crippen molar-refractivity contribution < 1.29 is 17.3 Å². The second kappa shape index (κ2) is 15.9. The SMILES string of the molecule is [Cl][Ca][Cl].[Cl][Zn]. The minimum atomic E-state index is -0.931. The molecule has 0 aliphatic heterocycles. The van der Waals surface area contributed by atoms with Crippen LogP contribution in [0.4, 0.5) is 0 Å². The van der Waals surface area contributed by atoms with Crippen molar-refractivity contribution in [3.8, 4) is 0 Å². The van der Waals surface area contributed by atoms with Crippen molar-refractivity contribution >= 4 is 53.3 Å². The van der Waals surface area contributed by atoms with Gasteiger partial charge in [0.15, 0.2) is 0 Å². The molecule has 0 fully saturated rings. The molecule has 0 heterocycles. The first-order valence-electron chi connectivity index (χ1n) is 0.802. The summed E-state index contributed by atoms with van der Waals surface area (Å²) in [4.78, 5) is 0. The zero-order chi connectivity index (χ0) is 4.71. The fourth-order valence-electron chi connectivity index (χ4n) is 0. The van der Waals surface area contributed by atoms with Gasteiger partial charge in [-0.2, -0.15) is 0 Å². The third-order valence-corrected chi connectivity index (χ3v) is 0. The average molecular weight is 212 g/mol. The molecule has 0 aliphatic rings. The summed E-state index contributed by atoms with van der Waals surface area (Å²) >= 11 is -0.0833. The monoisotopic (exact) mass is 209 g/mol. The molecule has 0 unspecified atom stereocenters. The number of hydrogen-bond acceptors (Lipinski definition) is 0. The van der Waals surface area contributed by atoms with Crippen LogP contribution in [-0.2, 0) is 17.3 Å². The standard InChI is InChI=1S/Ca.3ClH.Zn/h;3*1H;/q+2;;;;+1/p-3. The Labute approximate surface area is 69.0 Å². The Hall–Kier alpha value is 2.75. The maximum absolute atomic E-state index is 4.95. The second-order valence-corrected chi connectivity index (χ2v) is 3.75. The zero-order valence-corrected chi connectivity index (χ0v) is 9.99. The van der Waals surface area contributed by atoms with E-state index in [9.17, 15) is 0 Å². The van der Waals surface area contributed by atoms with Crippen molar-refractivity contribution in [2.75, 3.05) is 0 Å². The molecular formula is CaCl3Zn. The first kappa shape index (κ1) is 10.7. The van der Waals surface area contributed by atoms with E-state index >= 15 is 0 Å². The molecule has 0 aliphatic carbocycles. The summed E-state index contributed by atoms with van der Waals surface area (Å²) in [6, 6.07) is 0. The van der Waals surface area contributed by atoms with Crippen molar-refractivity contribution in [1.82, 2.24) is 0 Å². The zero-order valence-electron chi connectivity index (χ0n) is 2.55. The molecule has 0 spiro atoms. The van der Waals surface area contributed by atoms with E-state index in [1.807, 2.05) is 0 Å². The van der Waals surface area contributed by atoms with Gasteiger partial charge >= 0.3 is 70.6 Å². The molecule has 0 N–H and O–H groups in total. The van der Waals surface area contributed by atoms with E-state index in [-0.39, 0.29) is 0 Å². The minimum absolute atomic E-state index is 0.847. The Balaban J connectivity index is 0. The molecule has 0 radical (unpaired) electrons. The van der Waals surface area contributed by atoms with Gasteiger partial charge in [0, 0.05) is 0 Å². The molecule has 0 rings (SSSR count). The fraction of sp³-hybridized carbons (Fsp3) is 0. The Bertz CT molecular complexity index is 6.85. The summed E-state index contributed by atoms with van der Waals surface area (Å²) in [6.07, 6.45) is 9.90. The van der Waals surface area contributed by atoms with Crippen LogP contribution in [0, 0.1) is 0 Å². The Morgan fingerprint density at radius 2 is 1.20 bits per heavy atom. The Morgan fingerprint density at radius 1 is 1.20 bits per heavy atom. The van der Waals surface area contributed by atoms with Crippen molar-refractivity contribution in [1.29, 1.82) is 0 Å². The van der Waals surface area contributed by atoms with Gasteiger partial charge < -0.3 is 0 Å². The van der Waals surface area contributed by atoms with Crippen molar-refractivity contribution in [3.05, 3.63) is 0 Å². The molecule has 0 aromatic carbocycles. The molecule has 0 atom stereocenters. The summed E-state index contributed by atoms with van der Waals surface area (Å²) < 4.78 is 0. The Morgan fingerprint density at radius 3 is 1.20 bits per heavy atom. The summed E-state index contributed by atoms with van der Waals surface area (Å²) in [6.45, 7) is 0. The molecule has 0 bridgehead atoms. The first-order chi connectivity index (χ1) is 2.41. The summed E-state index contributed by atoms with van der Waals surface area (Å²) in [5.41, 5.74) is 0. The summed E-state index contributed by atoms with van der Waals surface area (Å²) in [5, 5.41) is 0. The second-order valence-electron chi connectivity index (χ2n) is 0.101. The van der Waals surface area contributed by atoms with Crippen LogP contribution in [0.5, 0.6) is 0 Å². The molecular weight excluding hydrogens is 212 g/mol. The quantitative estimate of drug-likeness (QED) is 0.535. The van der Waals surface area contributed by atoms with Crippen molar-refractivity contribution in [3.63, 3.8) is 0 Å². The van der Waals surface area contributed by atoms with Gasteiger partial charge in [-0.1, -0.05) is 0 Å². The van der Waals surface area contributed by atoms with Crippen molar-refractivity contribution in [2.45, 2.75) is 0 Å². The first-order valence-corrected chi connectivity index (χ1v) is 10.8. The number of halogens is 3. The van der Waals surface area contributed by atoms with Gasteiger partial charge in [0.2, 0.25) is 0 Å². The average Bonchev–Trinajstić information content (AvgIpc) is 1.46. The van der Waals surface area contributed by atoms with E-state index in [1.165, 1.54) is 0 Å². The van der Waals surface area contributed by atoms with E-state index in [2.05, 4.69) is 0 Å². The van der Waals surface area contributed by atoms with Crippen LogP contribution in [0.25, 0.3) is 0 Å². The summed E-state index contributed by atoms with van der Waals surface area (Å²) in [5.74, 6) is 0. The van der Waals surface area contributed by atoms with Gasteiger partial charge in [-0.15, -0.1) is 0 Å². The van der Waals surface area contributed by atoms with Crippen LogP contribution >= 0.6 is 22.5 Å². The molecule has 0 saturated heterocycles. The van der Waals surface area contributed by atoms with Crippen LogP contribution in [0.1, 0.15) is 0 Å². The van der Waals surface area contributed by atoms with Crippen LogP contribution in [0.15, 0.2) is 0 Å². The van der Waals surface area contributed by atoms with E-state index in [4.69, 9.17) is 22.5 Å². The molecule has 0 aromatic rings. The third kappa shape index (κ3) is 20.1. The molecule has 0 nitrogen and oxygen atoms in total. The summed E-state index contributed by atoms with van der Waals surface area (Å²) in [7, 11) is 4.76. The number of rotatable bonds is 0. The van der Waals surface area contributed by atoms with E-state index in [1.54, 1.807) is 0 Å². The van der Waals surface area contributed by atoms with Crippen LogP contribution < -0.4 is 0 Å². The van der Waals surface area contributed by atoms with E-state index in [0.717, 1.165) is 17.3 Å². The van der Waals surface area contributed by atoms with E-state index in [0.29, 0.717) is 0 Å². The number of hydrogen-bond donors (Lipinski definition) is 0. The third-order valence-electron chi connectivity index (χ3n) is 0. The molecule has 0 amide bonds. The maximum atomic E-state index is 4.95. The predicted molar refractivity (Wildman–Crippen MR) is 23.3 cm³/mol. The van der Waals surface area contributed by atoms with Crippen LogP contribution in [-0.4, -0.2) is 30.8 Å². The van der Waals surface area contributed by atoms with Gasteiger partial charge in [0.05, 0.1) is 0 Å². The molecule has 5 heavy (non-hydrogen) atoms. The molecule has 25 valence electrons. The van der Waals surface area contributed by atoms with Gasteiger partial charge in [0.25, 0.3) is 0 Å². The van der Waals surface area contributed by atoms with E-state index < -0.39 is 30.8 Å². The Kier molecular flexibility index (Phi) is 33.9. The van der Waals surface area contributed by atoms with Gasteiger partial charge in [-0.25, -0.2) is 0 Å². The molecule has 0 aromatic heterocycles. The van der Waals surface area contributed by atoms with Gasteiger partial charge in [-0.3, -0.25) is 0 Å². The van der Waals surface area contributed by atoms with Gasteiger partial charge in [-0.05, 0) is 0 Å². The van der Waals surface area contributed by atoms with Crippen LogP contribution in [0.3, 0.4) is 0 Å².